The van der Waals surface area contributed by atoms with Gasteiger partial charge in [0.25, 0.3) is 0 Å². The molecule has 462 valence electrons. The Balaban J connectivity index is 0. The Morgan fingerprint density at radius 3 is 1.20 bits per heavy atom. The summed E-state index contributed by atoms with van der Waals surface area (Å²) in [5.41, 5.74) is -2.83. The summed E-state index contributed by atoms with van der Waals surface area (Å²) in [5.74, 6) is -1.60. The van der Waals surface area contributed by atoms with Crippen molar-refractivity contribution in [2.75, 3.05) is 52.6 Å². The van der Waals surface area contributed by atoms with Gasteiger partial charge in [0, 0.05) is 68.6 Å². The molecule has 0 aliphatic carbocycles. The number of esters is 6. The molecule has 2 heterocycles. The maximum Gasteiger partial charge on any atom is 0.410 e. The van der Waals surface area contributed by atoms with Crippen molar-refractivity contribution in [3.63, 3.8) is 0 Å². The van der Waals surface area contributed by atoms with E-state index in [4.69, 9.17) is 37.9 Å². The Labute approximate surface area is 482 Å². The monoisotopic (exact) mass is 1140 g/mol. The zero-order valence-corrected chi connectivity index (χ0v) is 53.3. The molecular weight excluding hydrogens is 1030 g/mol. The number of rotatable bonds is 23. The molecule has 0 spiro atoms. The Bertz CT molecular complexity index is 2000. The molecule has 18 heteroatoms. The summed E-state index contributed by atoms with van der Waals surface area (Å²) in [7, 11) is 0. The average Bonchev–Trinajstić information content (AvgIpc) is 3.34. The SMILES string of the molecule is C=C(C)C(=O)OC1CCN(C(=O)OC(C)(C)C)CC1.C=C(C)C(=O)OCC(C)C.C=C(C)C(=O)OCCCC.CCCCOC(=O)C(C)(CC)CC(C)(CC(C)(C)C(=O)OC1CCN(C(=O)OC(C)(C)C)CC1)C(=O)OCC(C)C. The highest BCUT2D eigenvalue weighted by molar-refractivity contribution is 5.88. The molecule has 2 rings (SSSR count). The second-order valence-corrected chi connectivity index (χ2v) is 25.2. The van der Waals surface area contributed by atoms with E-state index in [1.54, 1.807) is 51.3 Å². The average molecular weight is 1140 g/mol. The number of carbonyl (C=O) groups is 8. The molecule has 0 radical (unpaired) electrons. The lowest BCUT2D eigenvalue weighted by molar-refractivity contribution is -0.172. The molecule has 0 aromatic heterocycles. The molecule has 2 saturated heterocycles. The van der Waals surface area contributed by atoms with Crippen LogP contribution in [0.1, 0.15) is 209 Å². The number of amides is 2. The molecule has 18 nitrogen and oxygen atoms in total. The minimum absolute atomic E-state index is 0.136. The van der Waals surface area contributed by atoms with Crippen molar-refractivity contribution in [3.05, 3.63) is 36.5 Å². The minimum Gasteiger partial charge on any atom is -0.465 e. The fraction of sp³-hybridized carbons (Fsp3) is 0.774. The first-order chi connectivity index (χ1) is 36.7. The van der Waals surface area contributed by atoms with E-state index < -0.39 is 39.4 Å². The molecule has 2 aliphatic rings. The van der Waals surface area contributed by atoms with Crippen LogP contribution in [-0.2, 0) is 66.7 Å². The van der Waals surface area contributed by atoms with Crippen molar-refractivity contribution in [1.82, 2.24) is 9.80 Å². The van der Waals surface area contributed by atoms with E-state index in [2.05, 4.69) is 26.7 Å². The van der Waals surface area contributed by atoms with Crippen LogP contribution < -0.4 is 0 Å². The largest absolute Gasteiger partial charge is 0.465 e. The highest BCUT2D eigenvalue weighted by Crippen LogP contribution is 2.46. The predicted molar refractivity (Wildman–Crippen MR) is 311 cm³/mol. The highest BCUT2D eigenvalue weighted by Gasteiger charge is 2.50. The molecule has 2 aliphatic heterocycles. The van der Waals surface area contributed by atoms with Crippen LogP contribution in [0.25, 0.3) is 0 Å². The van der Waals surface area contributed by atoms with Crippen LogP contribution in [0.2, 0.25) is 0 Å². The topological polar surface area (TPSA) is 217 Å². The zero-order valence-electron chi connectivity index (χ0n) is 53.3. The minimum atomic E-state index is -1.13. The molecule has 2 amide bonds. The molecule has 0 bridgehead atoms. The number of hydrogen-bond donors (Lipinski definition) is 0. The van der Waals surface area contributed by atoms with Gasteiger partial charge in [-0.15, -0.1) is 0 Å². The molecule has 2 fully saturated rings. The summed E-state index contributed by atoms with van der Waals surface area (Å²) in [6.45, 7) is 50.9. The second-order valence-electron chi connectivity index (χ2n) is 25.2. The Kier molecular flexibility index (Phi) is 35.3. The van der Waals surface area contributed by atoms with Gasteiger partial charge in [-0.3, -0.25) is 14.4 Å². The van der Waals surface area contributed by atoms with Crippen molar-refractivity contribution in [3.8, 4) is 0 Å². The number of unbranched alkanes of at least 4 members (excludes halogenated alkanes) is 2. The van der Waals surface area contributed by atoms with E-state index >= 15 is 0 Å². The van der Waals surface area contributed by atoms with Crippen LogP contribution in [0, 0.1) is 28.1 Å². The van der Waals surface area contributed by atoms with Gasteiger partial charge in [-0.25, -0.2) is 24.0 Å². The maximum absolute atomic E-state index is 13.6. The zero-order chi connectivity index (χ0) is 62.4. The number of hydrogen-bond acceptors (Lipinski definition) is 16. The van der Waals surface area contributed by atoms with Crippen LogP contribution in [-0.4, -0.2) is 134 Å². The quantitative estimate of drug-likeness (QED) is 0.0402. The predicted octanol–water partition coefficient (Wildman–Crippen LogP) is 12.9. The lowest BCUT2D eigenvalue weighted by atomic mass is 9.65. The van der Waals surface area contributed by atoms with Gasteiger partial charge in [0.15, 0.2) is 0 Å². The summed E-state index contributed by atoms with van der Waals surface area (Å²) >= 11 is 0. The normalized spacial score (nSPS) is 15.5. The Morgan fingerprint density at radius 2 is 0.838 bits per heavy atom. The van der Waals surface area contributed by atoms with Crippen LogP contribution in [0.5, 0.6) is 0 Å². The van der Waals surface area contributed by atoms with Gasteiger partial charge in [-0.05, 0) is 134 Å². The van der Waals surface area contributed by atoms with E-state index in [0.29, 0.717) is 101 Å². The Morgan fingerprint density at radius 1 is 0.475 bits per heavy atom. The van der Waals surface area contributed by atoms with Crippen molar-refractivity contribution in [1.29, 1.82) is 0 Å². The van der Waals surface area contributed by atoms with Crippen LogP contribution in [0.15, 0.2) is 36.5 Å². The van der Waals surface area contributed by atoms with Gasteiger partial charge in [0.1, 0.15) is 23.4 Å². The molecule has 0 N–H and O–H groups in total. The first-order valence-corrected chi connectivity index (χ1v) is 28.7. The van der Waals surface area contributed by atoms with Crippen molar-refractivity contribution in [2.24, 2.45) is 28.1 Å². The van der Waals surface area contributed by atoms with Crippen LogP contribution in [0.4, 0.5) is 9.59 Å². The van der Waals surface area contributed by atoms with E-state index in [9.17, 15) is 38.4 Å². The molecule has 2 atom stereocenters. The van der Waals surface area contributed by atoms with E-state index in [0.717, 1.165) is 25.7 Å². The van der Waals surface area contributed by atoms with Crippen molar-refractivity contribution < 1.29 is 76.3 Å². The molecule has 0 saturated carbocycles. The first-order valence-electron chi connectivity index (χ1n) is 28.7. The molecule has 0 aromatic carbocycles. The van der Waals surface area contributed by atoms with Gasteiger partial charge >= 0.3 is 48.0 Å². The van der Waals surface area contributed by atoms with E-state index in [1.165, 1.54) is 0 Å². The fourth-order valence-corrected chi connectivity index (χ4v) is 7.68. The summed E-state index contributed by atoms with van der Waals surface area (Å²) in [4.78, 5) is 101. The van der Waals surface area contributed by atoms with E-state index in [1.807, 2.05) is 90.0 Å². The summed E-state index contributed by atoms with van der Waals surface area (Å²) < 4.78 is 42.8. The number of likely N-dealkylation sites (tertiary alicyclic amines) is 2. The van der Waals surface area contributed by atoms with Crippen LogP contribution >= 0.6 is 0 Å². The highest BCUT2D eigenvalue weighted by atomic mass is 16.6. The third-order valence-electron chi connectivity index (χ3n) is 12.3. The van der Waals surface area contributed by atoms with Gasteiger partial charge in [-0.1, -0.05) is 81.0 Å². The van der Waals surface area contributed by atoms with Crippen molar-refractivity contribution in [2.45, 2.75) is 233 Å². The van der Waals surface area contributed by atoms with Crippen LogP contribution in [0.3, 0.4) is 0 Å². The summed E-state index contributed by atoms with van der Waals surface area (Å²) in [6.07, 6.45) is 5.59. The smallest absolute Gasteiger partial charge is 0.410 e. The standard InChI is InChI=1S/C32H57NO8.C14H23NO4.2C8H14O2/c1-12-14-19-38-26(35)31(10,13-2)22-32(11,27(36)39-20-23(3)4)21-30(8,9)25(34)40-24-15-17-33(18-16-24)28(37)41-29(5,6)7;1-10(2)12(16)18-11-6-8-15(9-7-11)13(17)19-14(3,4)5;1-6(2)5-10-8(9)7(3)4;1-4-5-6-10-8(9)7(2)3/h23-24H,12-22H2,1-11H3;11H,1,6-9H2,2-5H3;6H,3,5H2,1-2,4H3;2,4-6H2,1,3H3. The number of piperidine rings is 2. The molecule has 80 heavy (non-hydrogen) atoms. The molecule has 0 aromatic rings. The summed E-state index contributed by atoms with van der Waals surface area (Å²) in [5, 5.41) is 0. The van der Waals surface area contributed by atoms with Gasteiger partial charge in [-0.2, -0.15) is 0 Å². The van der Waals surface area contributed by atoms with Gasteiger partial charge < -0.3 is 47.7 Å². The lowest BCUT2D eigenvalue weighted by Crippen LogP contribution is -2.46. The third kappa shape index (κ3) is 33.4. The van der Waals surface area contributed by atoms with Gasteiger partial charge in [0.2, 0.25) is 0 Å². The molecular formula is C62H108N2O16. The lowest BCUT2D eigenvalue weighted by Gasteiger charge is -2.40. The maximum atomic E-state index is 13.6. The molecule has 2 unspecified atom stereocenters. The summed E-state index contributed by atoms with van der Waals surface area (Å²) in [6, 6.07) is 0. The number of nitrogens with zero attached hydrogens (tertiary/aromatic N) is 2. The number of ether oxygens (including phenoxy) is 8. The first kappa shape index (κ1) is 76.6. The Hall–Kier alpha value is -5.42. The third-order valence-corrected chi connectivity index (χ3v) is 12.3. The fourth-order valence-electron chi connectivity index (χ4n) is 7.68. The second kappa shape index (κ2) is 36.8. The van der Waals surface area contributed by atoms with Crippen molar-refractivity contribution >= 4 is 48.0 Å². The van der Waals surface area contributed by atoms with Gasteiger partial charge in [0.05, 0.1) is 42.7 Å². The van der Waals surface area contributed by atoms with E-state index in [-0.39, 0.29) is 73.6 Å². The number of carbonyl (C=O) groups excluding carboxylic acids is 8.